The molecule has 1 aliphatic carbocycles. The maximum Gasteiger partial charge on any atom is 0.120 e. The Hall–Kier alpha value is -0.440. The lowest BCUT2D eigenvalue weighted by molar-refractivity contribution is 0.258. The number of nitrogens with zero attached hydrogens (tertiary/aromatic N) is 2. The van der Waals surface area contributed by atoms with Crippen molar-refractivity contribution in [3.8, 4) is 0 Å². The molecule has 1 aromatic rings. The highest BCUT2D eigenvalue weighted by molar-refractivity contribution is 7.09. The second-order valence-corrected chi connectivity index (χ2v) is 5.50. The van der Waals surface area contributed by atoms with E-state index >= 15 is 0 Å². The first kappa shape index (κ1) is 10.1. The van der Waals surface area contributed by atoms with Crippen LogP contribution in [-0.4, -0.2) is 10.2 Å². The molecule has 0 radical (unpaired) electrons. The molecular weight excluding hydrogens is 192 g/mol. The van der Waals surface area contributed by atoms with Crippen molar-refractivity contribution in [2.75, 3.05) is 0 Å². The van der Waals surface area contributed by atoms with Crippen molar-refractivity contribution in [1.29, 1.82) is 0 Å². The minimum atomic E-state index is 0.706. The van der Waals surface area contributed by atoms with E-state index < -0.39 is 0 Å². The van der Waals surface area contributed by atoms with Gasteiger partial charge < -0.3 is 0 Å². The molecule has 1 aromatic heterocycles. The van der Waals surface area contributed by atoms with E-state index in [1.54, 1.807) is 11.3 Å². The highest BCUT2D eigenvalue weighted by atomic mass is 32.1. The molecule has 0 saturated heterocycles. The van der Waals surface area contributed by atoms with Gasteiger partial charge in [0.15, 0.2) is 0 Å². The molecular formula is C11H18N2S. The van der Waals surface area contributed by atoms with Crippen molar-refractivity contribution in [3.63, 3.8) is 0 Å². The van der Waals surface area contributed by atoms with Crippen molar-refractivity contribution < 1.29 is 0 Å². The molecule has 14 heavy (non-hydrogen) atoms. The first-order chi connectivity index (χ1) is 6.77. The molecule has 0 aliphatic heterocycles. The quantitative estimate of drug-likeness (QED) is 0.747. The second-order valence-electron chi connectivity index (χ2n) is 4.63. The SMILES string of the molecule is CC(C)[C@H]1CC[C@H](c2nncs2)CC1. The summed E-state index contributed by atoms with van der Waals surface area (Å²) in [6, 6.07) is 0. The third kappa shape index (κ3) is 2.14. The summed E-state index contributed by atoms with van der Waals surface area (Å²) in [5, 5.41) is 9.36. The van der Waals surface area contributed by atoms with E-state index in [9.17, 15) is 0 Å². The summed E-state index contributed by atoms with van der Waals surface area (Å²) < 4.78 is 0. The van der Waals surface area contributed by atoms with Gasteiger partial charge in [-0.1, -0.05) is 13.8 Å². The Labute approximate surface area is 89.8 Å². The van der Waals surface area contributed by atoms with Gasteiger partial charge in [0.1, 0.15) is 10.5 Å². The number of hydrogen-bond donors (Lipinski definition) is 0. The number of aromatic nitrogens is 2. The van der Waals surface area contributed by atoms with Crippen molar-refractivity contribution >= 4 is 11.3 Å². The van der Waals surface area contributed by atoms with Gasteiger partial charge in [0, 0.05) is 5.92 Å². The van der Waals surface area contributed by atoms with Crippen molar-refractivity contribution in [2.45, 2.75) is 45.4 Å². The zero-order chi connectivity index (χ0) is 9.97. The van der Waals surface area contributed by atoms with Gasteiger partial charge in [-0.3, -0.25) is 0 Å². The van der Waals surface area contributed by atoms with Crippen molar-refractivity contribution in [2.24, 2.45) is 11.8 Å². The highest BCUT2D eigenvalue weighted by Crippen LogP contribution is 2.38. The molecule has 3 heteroatoms. The van der Waals surface area contributed by atoms with E-state index in [0.717, 1.165) is 11.8 Å². The Morgan fingerprint density at radius 2 is 2.00 bits per heavy atom. The largest absolute Gasteiger partial charge is 0.147 e. The minimum absolute atomic E-state index is 0.706. The first-order valence-electron chi connectivity index (χ1n) is 5.53. The normalized spacial score (nSPS) is 28.2. The van der Waals surface area contributed by atoms with Crippen molar-refractivity contribution in [3.05, 3.63) is 10.5 Å². The van der Waals surface area contributed by atoms with Crippen LogP contribution in [0.1, 0.15) is 50.5 Å². The molecule has 0 atom stereocenters. The average Bonchev–Trinajstić information content (AvgIpc) is 2.71. The Kier molecular flexibility index (Phi) is 3.16. The van der Waals surface area contributed by atoms with Gasteiger partial charge in [0.05, 0.1) is 0 Å². The van der Waals surface area contributed by atoms with Gasteiger partial charge in [-0.25, -0.2) is 0 Å². The van der Waals surface area contributed by atoms with Crippen LogP contribution in [0, 0.1) is 11.8 Å². The Morgan fingerprint density at radius 3 is 2.50 bits per heavy atom. The molecule has 2 rings (SSSR count). The van der Waals surface area contributed by atoms with Crippen LogP contribution >= 0.6 is 11.3 Å². The fraction of sp³-hybridized carbons (Fsp3) is 0.818. The standard InChI is InChI=1S/C11H18N2S/c1-8(2)9-3-5-10(6-4-9)11-13-12-7-14-11/h7-10H,3-6H2,1-2H3/t9-,10-. The van der Waals surface area contributed by atoms with Crippen LogP contribution in [0.2, 0.25) is 0 Å². The van der Waals surface area contributed by atoms with Gasteiger partial charge in [0.25, 0.3) is 0 Å². The maximum absolute atomic E-state index is 4.18. The van der Waals surface area contributed by atoms with Crippen LogP contribution in [0.5, 0.6) is 0 Å². The van der Waals surface area contributed by atoms with Crippen LogP contribution in [0.25, 0.3) is 0 Å². The minimum Gasteiger partial charge on any atom is -0.147 e. The van der Waals surface area contributed by atoms with Gasteiger partial charge >= 0.3 is 0 Å². The summed E-state index contributed by atoms with van der Waals surface area (Å²) in [6.07, 6.45) is 5.39. The highest BCUT2D eigenvalue weighted by Gasteiger charge is 2.25. The molecule has 1 saturated carbocycles. The molecule has 1 aliphatic rings. The Balaban J connectivity index is 1.90. The fourth-order valence-corrected chi connectivity index (χ4v) is 3.12. The lowest BCUT2D eigenvalue weighted by Gasteiger charge is -2.29. The molecule has 78 valence electrons. The zero-order valence-electron chi connectivity index (χ0n) is 8.94. The Morgan fingerprint density at radius 1 is 1.29 bits per heavy atom. The van der Waals surface area contributed by atoms with E-state index in [2.05, 4.69) is 24.0 Å². The molecule has 2 nitrogen and oxygen atoms in total. The van der Waals surface area contributed by atoms with Crippen LogP contribution < -0.4 is 0 Å². The maximum atomic E-state index is 4.18. The van der Waals surface area contributed by atoms with E-state index in [-0.39, 0.29) is 0 Å². The number of hydrogen-bond acceptors (Lipinski definition) is 3. The summed E-state index contributed by atoms with van der Waals surface area (Å²) in [5.41, 5.74) is 1.85. The van der Waals surface area contributed by atoms with Gasteiger partial charge in [0.2, 0.25) is 0 Å². The predicted molar refractivity (Wildman–Crippen MR) is 59.4 cm³/mol. The monoisotopic (exact) mass is 210 g/mol. The van der Waals surface area contributed by atoms with Crippen LogP contribution in [0.3, 0.4) is 0 Å². The third-order valence-corrected chi connectivity index (χ3v) is 4.30. The predicted octanol–water partition coefficient (Wildman–Crippen LogP) is 3.47. The summed E-state index contributed by atoms with van der Waals surface area (Å²) in [7, 11) is 0. The molecule has 0 N–H and O–H groups in total. The smallest absolute Gasteiger partial charge is 0.120 e. The molecule has 1 heterocycles. The molecule has 1 fully saturated rings. The summed E-state index contributed by atoms with van der Waals surface area (Å²) in [6.45, 7) is 4.69. The van der Waals surface area contributed by atoms with Crippen LogP contribution in [0.15, 0.2) is 5.51 Å². The molecule has 0 spiro atoms. The first-order valence-corrected chi connectivity index (χ1v) is 6.41. The molecule has 0 unspecified atom stereocenters. The Bertz CT molecular complexity index is 261. The number of rotatable bonds is 2. The van der Waals surface area contributed by atoms with Crippen molar-refractivity contribution in [1.82, 2.24) is 10.2 Å². The van der Waals surface area contributed by atoms with E-state index in [1.165, 1.54) is 30.7 Å². The molecule has 0 aromatic carbocycles. The topological polar surface area (TPSA) is 25.8 Å². The van der Waals surface area contributed by atoms with E-state index in [1.807, 2.05) is 5.51 Å². The van der Waals surface area contributed by atoms with Gasteiger partial charge in [-0.2, -0.15) is 0 Å². The average molecular weight is 210 g/mol. The van der Waals surface area contributed by atoms with E-state index in [4.69, 9.17) is 0 Å². The van der Waals surface area contributed by atoms with E-state index in [0.29, 0.717) is 5.92 Å². The molecule has 0 bridgehead atoms. The summed E-state index contributed by atoms with van der Waals surface area (Å²) in [4.78, 5) is 0. The summed E-state index contributed by atoms with van der Waals surface area (Å²) in [5.74, 6) is 2.50. The van der Waals surface area contributed by atoms with Crippen LogP contribution in [0.4, 0.5) is 0 Å². The second kappa shape index (κ2) is 4.39. The zero-order valence-corrected chi connectivity index (χ0v) is 9.76. The third-order valence-electron chi connectivity index (χ3n) is 3.44. The summed E-state index contributed by atoms with van der Waals surface area (Å²) >= 11 is 1.72. The molecule has 0 amide bonds. The van der Waals surface area contributed by atoms with Crippen LogP contribution in [-0.2, 0) is 0 Å². The lowest BCUT2D eigenvalue weighted by Crippen LogP contribution is -2.17. The fourth-order valence-electron chi connectivity index (χ4n) is 2.39. The van der Waals surface area contributed by atoms with Gasteiger partial charge in [-0.15, -0.1) is 21.5 Å². The van der Waals surface area contributed by atoms with Gasteiger partial charge in [-0.05, 0) is 37.5 Å². The lowest BCUT2D eigenvalue weighted by atomic mass is 9.77.